The molecule has 7 heteroatoms. The fourth-order valence-corrected chi connectivity index (χ4v) is 2.54. The topological polar surface area (TPSA) is 76.1 Å². The summed E-state index contributed by atoms with van der Waals surface area (Å²) in [5.41, 5.74) is 0.602. The fourth-order valence-electron chi connectivity index (χ4n) is 2.54. The zero-order valence-corrected chi connectivity index (χ0v) is 12.6. The smallest absolute Gasteiger partial charge is 0.278 e. The molecule has 1 saturated heterocycles. The maximum Gasteiger partial charge on any atom is 0.278 e. The summed E-state index contributed by atoms with van der Waals surface area (Å²) in [5, 5.41) is 17.3. The van der Waals surface area contributed by atoms with Crippen molar-refractivity contribution in [2.24, 2.45) is 5.10 Å². The molecule has 0 radical (unpaired) electrons. The van der Waals surface area contributed by atoms with Gasteiger partial charge in [0, 0.05) is 12.1 Å². The van der Waals surface area contributed by atoms with Crippen LogP contribution in [0.2, 0.25) is 0 Å². The van der Waals surface area contributed by atoms with E-state index in [4.69, 9.17) is 0 Å². The highest BCUT2D eigenvalue weighted by molar-refractivity contribution is 5.84. The first kappa shape index (κ1) is 15.0. The minimum absolute atomic E-state index is 0.0776. The van der Waals surface area contributed by atoms with Gasteiger partial charge < -0.3 is 0 Å². The maximum absolute atomic E-state index is 11.0. The number of nitro benzene ring substituents is 1. The minimum Gasteiger partial charge on any atom is -0.289 e. The minimum atomic E-state index is -0.384. The summed E-state index contributed by atoms with van der Waals surface area (Å²) in [4.78, 5) is 16.1. The van der Waals surface area contributed by atoms with E-state index in [-0.39, 0.29) is 10.6 Å². The molecular formula is C16H18N5O2+. The largest absolute Gasteiger partial charge is 0.289 e. The summed E-state index contributed by atoms with van der Waals surface area (Å²) in [6, 6.07) is 12.6. The number of benzene rings is 1. The predicted molar refractivity (Wildman–Crippen MR) is 87.5 cm³/mol. The number of piperazine rings is 1. The molecule has 7 nitrogen and oxygen atoms in total. The van der Waals surface area contributed by atoms with Crippen LogP contribution in [0, 0.1) is 10.1 Å². The Balaban J connectivity index is 1.62. The van der Waals surface area contributed by atoms with Gasteiger partial charge >= 0.3 is 0 Å². The van der Waals surface area contributed by atoms with Crippen molar-refractivity contribution < 1.29 is 9.91 Å². The Kier molecular flexibility index (Phi) is 4.46. The van der Waals surface area contributed by atoms with Gasteiger partial charge in [-0.3, -0.25) is 20.0 Å². The lowest BCUT2D eigenvalue weighted by molar-refractivity contribution is -0.385. The number of nitro groups is 1. The highest BCUT2D eigenvalue weighted by Crippen LogP contribution is 2.16. The lowest BCUT2D eigenvalue weighted by atomic mass is 10.2. The molecule has 0 atom stereocenters. The summed E-state index contributed by atoms with van der Waals surface area (Å²) < 4.78 is 0. The van der Waals surface area contributed by atoms with E-state index < -0.39 is 0 Å². The second-order valence-electron chi connectivity index (χ2n) is 5.25. The molecule has 1 aliphatic rings. The number of pyridine rings is 1. The van der Waals surface area contributed by atoms with E-state index in [9.17, 15) is 10.1 Å². The van der Waals surface area contributed by atoms with Crippen LogP contribution in [0.4, 0.5) is 11.5 Å². The molecule has 118 valence electrons. The zero-order chi connectivity index (χ0) is 16.1. The second kappa shape index (κ2) is 6.87. The highest BCUT2D eigenvalue weighted by atomic mass is 16.6. The van der Waals surface area contributed by atoms with Gasteiger partial charge in [0.05, 0.1) is 36.0 Å². The van der Waals surface area contributed by atoms with E-state index in [0.29, 0.717) is 5.56 Å². The van der Waals surface area contributed by atoms with Crippen molar-refractivity contribution in [1.82, 2.24) is 5.01 Å². The van der Waals surface area contributed by atoms with Crippen molar-refractivity contribution >= 4 is 17.7 Å². The van der Waals surface area contributed by atoms with Crippen LogP contribution in [0.5, 0.6) is 0 Å². The number of aromatic amines is 1. The summed E-state index contributed by atoms with van der Waals surface area (Å²) in [7, 11) is 0. The zero-order valence-electron chi connectivity index (χ0n) is 12.6. The molecule has 1 fully saturated rings. The molecule has 1 N–H and O–H groups in total. The normalized spacial score (nSPS) is 15.1. The van der Waals surface area contributed by atoms with Crippen molar-refractivity contribution in [2.45, 2.75) is 0 Å². The Bertz CT molecular complexity index is 697. The second-order valence-corrected chi connectivity index (χ2v) is 5.25. The average molecular weight is 312 g/mol. The van der Waals surface area contributed by atoms with E-state index in [2.05, 4.69) is 15.0 Å². The van der Waals surface area contributed by atoms with Crippen molar-refractivity contribution in [2.75, 3.05) is 31.1 Å². The van der Waals surface area contributed by atoms with Gasteiger partial charge in [0.25, 0.3) is 11.5 Å². The third-order valence-corrected chi connectivity index (χ3v) is 3.78. The maximum atomic E-state index is 11.0. The number of nitrogens with zero attached hydrogens (tertiary/aromatic N) is 4. The van der Waals surface area contributed by atoms with Crippen LogP contribution in [0.1, 0.15) is 5.56 Å². The number of para-hydroxylation sites is 1. The first-order valence-corrected chi connectivity index (χ1v) is 7.48. The van der Waals surface area contributed by atoms with E-state index in [1.165, 1.54) is 6.07 Å². The predicted octanol–water partition coefficient (Wildman–Crippen LogP) is 1.56. The summed E-state index contributed by atoms with van der Waals surface area (Å²) in [6.07, 6.45) is 3.48. The molecule has 1 aromatic heterocycles. The molecule has 1 aromatic carbocycles. The van der Waals surface area contributed by atoms with E-state index in [1.807, 2.05) is 29.4 Å². The highest BCUT2D eigenvalue weighted by Gasteiger charge is 2.22. The first-order chi connectivity index (χ1) is 11.2. The van der Waals surface area contributed by atoms with Gasteiger partial charge in [-0.25, -0.2) is 4.98 Å². The Hall–Kier alpha value is -2.96. The molecule has 0 amide bonds. The molecule has 2 aromatic rings. The van der Waals surface area contributed by atoms with Gasteiger partial charge in [0.1, 0.15) is 13.1 Å². The summed E-state index contributed by atoms with van der Waals surface area (Å²) in [5.74, 6) is 1.09. The van der Waals surface area contributed by atoms with Gasteiger partial charge in [-0.15, -0.1) is 0 Å². The molecule has 0 aliphatic carbocycles. The molecule has 0 saturated carbocycles. The third-order valence-electron chi connectivity index (χ3n) is 3.78. The molecule has 2 heterocycles. The van der Waals surface area contributed by atoms with Crippen LogP contribution in [0.15, 0.2) is 53.8 Å². The molecule has 3 rings (SSSR count). The van der Waals surface area contributed by atoms with E-state index >= 15 is 0 Å². The fraction of sp³-hybridized carbons (Fsp3) is 0.250. The van der Waals surface area contributed by atoms with Crippen molar-refractivity contribution in [3.63, 3.8) is 0 Å². The van der Waals surface area contributed by atoms with Gasteiger partial charge in [-0.2, -0.15) is 5.10 Å². The first-order valence-electron chi connectivity index (χ1n) is 7.48. The van der Waals surface area contributed by atoms with Crippen LogP contribution < -0.4 is 9.88 Å². The molecule has 0 unspecified atom stereocenters. The van der Waals surface area contributed by atoms with Crippen LogP contribution in [-0.2, 0) is 0 Å². The van der Waals surface area contributed by atoms with Crippen molar-refractivity contribution in [1.29, 1.82) is 0 Å². The van der Waals surface area contributed by atoms with Crippen molar-refractivity contribution in [3.05, 3.63) is 64.3 Å². The summed E-state index contributed by atoms with van der Waals surface area (Å²) in [6.45, 7) is 3.27. The van der Waals surface area contributed by atoms with Crippen molar-refractivity contribution in [3.8, 4) is 0 Å². The standard InChI is InChI=1S/C16H17N5O2/c22-21(23)15-6-2-1-5-14(15)13-18-20-11-9-19(10-12-20)16-7-3-4-8-17-16/h1-8,13H,9-12H2/p+1. The monoisotopic (exact) mass is 312 g/mol. The van der Waals surface area contributed by atoms with Crippen LogP contribution >= 0.6 is 0 Å². The van der Waals surface area contributed by atoms with Crippen LogP contribution in [-0.4, -0.2) is 42.3 Å². The lowest BCUT2D eigenvalue weighted by Gasteiger charge is -2.28. The number of nitrogens with one attached hydrogen (secondary N) is 1. The third kappa shape index (κ3) is 3.63. The molecule has 23 heavy (non-hydrogen) atoms. The Morgan fingerprint density at radius 3 is 2.52 bits per heavy atom. The van der Waals surface area contributed by atoms with Crippen LogP contribution in [0.3, 0.4) is 0 Å². The van der Waals surface area contributed by atoms with E-state index in [0.717, 1.165) is 32.0 Å². The number of hydrazone groups is 1. The number of hydrogen-bond donors (Lipinski definition) is 0. The van der Waals surface area contributed by atoms with E-state index in [1.54, 1.807) is 24.4 Å². The Morgan fingerprint density at radius 2 is 1.83 bits per heavy atom. The average Bonchev–Trinajstić information content (AvgIpc) is 2.61. The number of rotatable bonds is 4. The van der Waals surface area contributed by atoms with Crippen LogP contribution in [0.25, 0.3) is 0 Å². The van der Waals surface area contributed by atoms with Gasteiger partial charge in [-0.05, 0) is 12.1 Å². The Morgan fingerprint density at radius 1 is 1.09 bits per heavy atom. The SMILES string of the molecule is O=[N+]([O-])c1ccccc1C=NN1CCN(c2cccc[nH+]2)CC1. The number of H-pyrrole nitrogens is 1. The number of anilines is 1. The molecule has 0 bridgehead atoms. The summed E-state index contributed by atoms with van der Waals surface area (Å²) >= 11 is 0. The quantitative estimate of drug-likeness (QED) is 0.488. The number of hydrogen-bond acceptors (Lipinski definition) is 5. The Labute approximate surface area is 134 Å². The molecule has 0 spiro atoms. The lowest BCUT2D eigenvalue weighted by Crippen LogP contribution is -2.45. The van der Waals surface area contributed by atoms with Gasteiger partial charge in [-0.1, -0.05) is 18.2 Å². The number of aromatic nitrogens is 1. The molecule has 1 aliphatic heterocycles. The van der Waals surface area contributed by atoms with Gasteiger partial charge in [0.15, 0.2) is 0 Å². The molecular weight excluding hydrogens is 294 g/mol. The van der Waals surface area contributed by atoms with Gasteiger partial charge in [0.2, 0.25) is 0 Å².